The third-order valence-electron chi connectivity index (χ3n) is 4.44. The van der Waals surface area contributed by atoms with Gasteiger partial charge in [-0.05, 0) is 26.3 Å². The van der Waals surface area contributed by atoms with Crippen LogP contribution in [0.4, 0.5) is 13.2 Å². The second kappa shape index (κ2) is 6.03. The van der Waals surface area contributed by atoms with Crippen molar-refractivity contribution in [3.8, 4) is 0 Å². The summed E-state index contributed by atoms with van der Waals surface area (Å²) in [6.45, 7) is 4.23. The maximum atomic E-state index is 12.9. The van der Waals surface area contributed by atoms with Crippen molar-refractivity contribution in [3.63, 3.8) is 0 Å². The van der Waals surface area contributed by atoms with E-state index in [1.165, 1.54) is 6.07 Å². The number of nitrogens with zero attached hydrogens (tertiary/aromatic N) is 6. The van der Waals surface area contributed by atoms with Crippen LogP contribution < -0.4 is 0 Å². The first kappa shape index (κ1) is 17.4. The molecule has 1 aliphatic heterocycles. The first-order chi connectivity index (χ1) is 12.7. The molecule has 0 N–H and O–H groups in total. The summed E-state index contributed by atoms with van der Waals surface area (Å²) >= 11 is 0. The highest BCUT2D eigenvalue weighted by molar-refractivity contribution is 5.93. The summed E-state index contributed by atoms with van der Waals surface area (Å²) in [5.41, 5.74) is 1.13. The standard InChI is InChI=1S/C16H15F3N6O2/c1-8-5-11(25-15(20-8)21-14(22-25)16(17,18)19)13(26)24-4-3-10(7-24)12-6-9(2)23-27-12/h5-6,10H,3-4,7H2,1-2H3. The zero-order valence-corrected chi connectivity index (χ0v) is 14.5. The van der Waals surface area contributed by atoms with E-state index in [1.54, 1.807) is 11.8 Å². The van der Waals surface area contributed by atoms with E-state index in [0.717, 1.165) is 10.2 Å². The monoisotopic (exact) mass is 380 g/mol. The lowest BCUT2D eigenvalue weighted by atomic mass is 10.1. The molecule has 1 fully saturated rings. The van der Waals surface area contributed by atoms with Crippen molar-refractivity contribution in [2.45, 2.75) is 32.4 Å². The largest absolute Gasteiger partial charge is 0.453 e. The van der Waals surface area contributed by atoms with E-state index in [9.17, 15) is 18.0 Å². The lowest BCUT2D eigenvalue weighted by Crippen LogP contribution is -2.30. The smallest absolute Gasteiger partial charge is 0.361 e. The SMILES string of the molecule is Cc1cc(C2CCN(C(=O)c3cc(C)nc4nc(C(F)(F)F)nn34)C2)on1. The van der Waals surface area contributed by atoms with Gasteiger partial charge in [0.05, 0.1) is 5.69 Å². The number of aromatic nitrogens is 5. The van der Waals surface area contributed by atoms with Crippen LogP contribution in [-0.4, -0.2) is 48.6 Å². The molecule has 4 rings (SSSR count). The van der Waals surface area contributed by atoms with Crippen molar-refractivity contribution in [2.24, 2.45) is 0 Å². The van der Waals surface area contributed by atoms with E-state index in [1.807, 2.05) is 13.0 Å². The molecule has 8 nitrogen and oxygen atoms in total. The minimum absolute atomic E-state index is 0.00458. The number of amides is 1. The van der Waals surface area contributed by atoms with Crippen LogP contribution in [0.15, 0.2) is 16.7 Å². The summed E-state index contributed by atoms with van der Waals surface area (Å²) in [6.07, 6.45) is -4.04. The van der Waals surface area contributed by atoms with Gasteiger partial charge in [0.15, 0.2) is 0 Å². The van der Waals surface area contributed by atoms with Crippen molar-refractivity contribution in [3.05, 3.63) is 40.8 Å². The lowest BCUT2D eigenvalue weighted by molar-refractivity contribution is -0.144. The minimum Gasteiger partial charge on any atom is -0.361 e. The molecule has 1 atom stereocenters. The van der Waals surface area contributed by atoms with E-state index < -0.39 is 17.9 Å². The first-order valence-electron chi connectivity index (χ1n) is 8.26. The second-order valence-corrected chi connectivity index (χ2v) is 6.54. The molecule has 1 saturated heterocycles. The molecule has 142 valence electrons. The number of halogens is 3. The molecule has 1 unspecified atom stereocenters. The Morgan fingerprint density at radius 3 is 2.67 bits per heavy atom. The highest BCUT2D eigenvalue weighted by Gasteiger charge is 2.38. The molecule has 27 heavy (non-hydrogen) atoms. The molecule has 11 heteroatoms. The summed E-state index contributed by atoms with van der Waals surface area (Å²) in [4.78, 5) is 21.8. The van der Waals surface area contributed by atoms with Gasteiger partial charge in [-0.15, -0.1) is 5.10 Å². The van der Waals surface area contributed by atoms with E-state index in [0.29, 0.717) is 31.0 Å². The number of alkyl halides is 3. The summed E-state index contributed by atoms with van der Waals surface area (Å²) in [5.74, 6) is -1.32. The Bertz CT molecular complexity index is 1020. The van der Waals surface area contributed by atoms with Gasteiger partial charge in [0.25, 0.3) is 17.5 Å². The Morgan fingerprint density at radius 1 is 1.22 bits per heavy atom. The van der Waals surface area contributed by atoms with Crippen LogP contribution in [0.2, 0.25) is 0 Å². The Balaban J connectivity index is 1.65. The molecule has 0 radical (unpaired) electrons. The van der Waals surface area contributed by atoms with Crippen LogP contribution in [-0.2, 0) is 6.18 Å². The summed E-state index contributed by atoms with van der Waals surface area (Å²) in [6, 6.07) is 3.23. The average molecular weight is 380 g/mol. The number of likely N-dealkylation sites (tertiary alicyclic amines) is 1. The van der Waals surface area contributed by atoms with Gasteiger partial charge in [-0.3, -0.25) is 4.79 Å². The van der Waals surface area contributed by atoms with E-state index in [4.69, 9.17) is 4.52 Å². The van der Waals surface area contributed by atoms with Crippen LogP contribution in [0, 0.1) is 13.8 Å². The van der Waals surface area contributed by atoms with Gasteiger partial charge in [0.1, 0.15) is 11.5 Å². The number of aryl methyl sites for hydroxylation is 2. The number of hydrogen-bond acceptors (Lipinski definition) is 6. The number of rotatable bonds is 2. The van der Waals surface area contributed by atoms with E-state index >= 15 is 0 Å². The highest BCUT2D eigenvalue weighted by Crippen LogP contribution is 2.29. The van der Waals surface area contributed by atoms with Crippen molar-refractivity contribution < 1.29 is 22.5 Å². The average Bonchev–Trinajstić information content (AvgIpc) is 3.30. The molecule has 1 amide bonds. The quantitative estimate of drug-likeness (QED) is 0.678. The van der Waals surface area contributed by atoms with Crippen LogP contribution in [0.3, 0.4) is 0 Å². The van der Waals surface area contributed by atoms with Gasteiger partial charge in [-0.1, -0.05) is 5.16 Å². The van der Waals surface area contributed by atoms with E-state index in [-0.39, 0.29) is 17.4 Å². The molecule has 1 aliphatic rings. The molecule has 0 saturated carbocycles. The Morgan fingerprint density at radius 2 is 2.00 bits per heavy atom. The second-order valence-electron chi connectivity index (χ2n) is 6.54. The van der Waals surface area contributed by atoms with Crippen molar-refractivity contribution in [2.75, 3.05) is 13.1 Å². The van der Waals surface area contributed by atoms with Crippen LogP contribution in [0.5, 0.6) is 0 Å². The molecule has 0 bridgehead atoms. The summed E-state index contributed by atoms with van der Waals surface area (Å²) in [5, 5.41) is 7.29. The maximum Gasteiger partial charge on any atom is 0.453 e. The number of fused-ring (bicyclic) bond motifs is 1. The third-order valence-corrected chi connectivity index (χ3v) is 4.44. The molecular weight excluding hydrogens is 365 g/mol. The maximum absolute atomic E-state index is 12.9. The van der Waals surface area contributed by atoms with Gasteiger partial charge < -0.3 is 9.42 Å². The predicted molar refractivity (Wildman–Crippen MR) is 85.0 cm³/mol. The Kier molecular flexibility index (Phi) is 3.89. The first-order valence-corrected chi connectivity index (χ1v) is 8.26. The Hall–Kier alpha value is -2.98. The van der Waals surface area contributed by atoms with Gasteiger partial charge in [-0.2, -0.15) is 22.7 Å². The molecule has 3 aromatic heterocycles. The fraction of sp³-hybridized carbons (Fsp3) is 0.438. The number of carbonyl (C=O) groups is 1. The molecule has 0 spiro atoms. The molecule has 0 aromatic carbocycles. The van der Waals surface area contributed by atoms with E-state index in [2.05, 4.69) is 20.2 Å². The predicted octanol–water partition coefficient (Wildman–Crippen LogP) is 2.38. The number of hydrogen-bond donors (Lipinski definition) is 0. The zero-order chi connectivity index (χ0) is 19.3. The molecule has 0 aliphatic carbocycles. The number of carbonyl (C=O) groups excluding carboxylic acids is 1. The molecular formula is C16H15F3N6O2. The van der Waals surface area contributed by atoms with Gasteiger partial charge in [-0.25, -0.2) is 4.98 Å². The summed E-state index contributed by atoms with van der Waals surface area (Å²) < 4.78 is 44.9. The van der Waals surface area contributed by atoms with Gasteiger partial charge in [0.2, 0.25) is 0 Å². The molecule has 4 heterocycles. The minimum atomic E-state index is -4.72. The highest BCUT2D eigenvalue weighted by atomic mass is 19.4. The Labute approximate surface area is 151 Å². The van der Waals surface area contributed by atoms with Crippen molar-refractivity contribution >= 4 is 11.7 Å². The third kappa shape index (κ3) is 3.13. The molecule has 3 aromatic rings. The van der Waals surface area contributed by atoms with Crippen LogP contribution >= 0.6 is 0 Å². The normalized spacial score (nSPS) is 17.8. The summed E-state index contributed by atoms with van der Waals surface area (Å²) in [7, 11) is 0. The van der Waals surface area contributed by atoms with Crippen LogP contribution in [0.25, 0.3) is 5.78 Å². The van der Waals surface area contributed by atoms with Crippen LogP contribution in [0.1, 0.15) is 45.8 Å². The fourth-order valence-electron chi connectivity index (χ4n) is 3.17. The zero-order valence-electron chi connectivity index (χ0n) is 14.5. The van der Waals surface area contributed by atoms with Crippen molar-refractivity contribution in [1.29, 1.82) is 0 Å². The van der Waals surface area contributed by atoms with Crippen molar-refractivity contribution in [1.82, 2.24) is 29.6 Å². The van der Waals surface area contributed by atoms with Gasteiger partial charge >= 0.3 is 6.18 Å². The topological polar surface area (TPSA) is 89.4 Å². The van der Waals surface area contributed by atoms with Gasteiger partial charge in [0, 0.05) is 30.8 Å². The fourth-order valence-corrected chi connectivity index (χ4v) is 3.17. The lowest BCUT2D eigenvalue weighted by Gasteiger charge is -2.16.